The van der Waals surface area contributed by atoms with E-state index in [2.05, 4.69) is 55.3 Å². The van der Waals surface area contributed by atoms with Crippen LogP contribution in [-0.4, -0.2) is 37.6 Å². The van der Waals surface area contributed by atoms with Gasteiger partial charge in [-0.1, -0.05) is 161 Å². The van der Waals surface area contributed by atoms with Gasteiger partial charge in [0, 0.05) is 0 Å². The van der Waals surface area contributed by atoms with Gasteiger partial charge in [0.25, 0.3) is 0 Å². The van der Waals surface area contributed by atoms with Crippen molar-refractivity contribution >= 4 is 0 Å². The van der Waals surface area contributed by atoms with Gasteiger partial charge < -0.3 is 10.2 Å². The Morgan fingerprint density at radius 1 is 0.349 bits per heavy atom. The first-order chi connectivity index (χ1) is 21.3. The second-order valence-electron chi connectivity index (χ2n) is 13.4. The lowest BCUT2D eigenvalue weighted by atomic mass is 10.1. The van der Waals surface area contributed by atoms with Crippen molar-refractivity contribution in [1.82, 2.24) is 10.2 Å². The molecule has 0 unspecified atom stereocenters. The van der Waals surface area contributed by atoms with Gasteiger partial charge in [0.15, 0.2) is 0 Å². The molecule has 0 radical (unpaired) electrons. The summed E-state index contributed by atoms with van der Waals surface area (Å²) in [5.41, 5.74) is 0. The number of hydrogen-bond acceptors (Lipinski definition) is 2. The molecule has 0 atom stereocenters. The Balaban J connectivity index is 3.31. The minimum atomic E-state index is 1.19. The molecule has 256 valence electrons. The number of nitrogens with zero attached hydrogens (tertiary/aromatic N) is 1. The molecule has 0 heterocycles. The van der Waals surface area contributed by atoms with E-state index in [-0.39, 0.29) is 0 Å². The monoisotopic (exact) mass is 603 g/mol. The highest BCUT2D eigenvalue weighted by atomic mass is 15.1. The molecule has 2 nitrogen and oxygen atoms in total. The molecule has 0 saturated carbocycles. The second-order valence-corrected chi connectivity index (χ2v) is 13.4. The zero-order valence-electron chi connectivity index (χ0n) is 30.3. The van der Waals surface area contributed by atoms with Crippen LogP contribution in [0.25, 0.3) is 0 Å². The molecule has 0 aromatic carbocycles. The molecule has 0 aliphatic carbocycles. The lowest BCUT2D eigenvalue weighted by Gasteiger charge is -2.20. The Morgan fingerprint density at radius 2 is 0.674 bits per heavy atom. The number of hydrogen-bond donors (Lipinski definition) is 1. The van der Waals surface area contributed by atoms with Gasteiger partial charge in [0.05, 0.1) is 0 Å². The molecule has 0 rings (SSSR count). The van der Waals surface area contributed by atoms with E-state index < -0.39 is 0 Å². The standard InChI is InChI=1S/C41H82N2/c1-4-7-9-11-13-15-17-19-21-23-25-27-29-31-33-35-38-42-39-37-41-43(6-3)40-36-34-32-30-28-26-24-22-20-18-16-14-12-10-8-5-2/h19-22,42H,4-18,23-41H2,1-3H3/b21-19+,22-20+. The van der Waals surface area contributed by atoms with E-state index in [9.17, 15) is 0 Å². The lowest BCUT2D eigenvalue weighted by molar-refractivity contribution is 0.275. The molecular weight excluding hydrogens is 520 g/mol. The molecule has 0 aliphatic rings. The number of unbranched alkanes of at least 4 members (excludes halogenated alkanes) is 24. The minimum Gasteiger partial charge on any atom is -0.317 e. The maximum absolute atomic E-state index is 3.70. The van der Waals surface area contributed by atoms with Gasteiger partial charge in [-0.3, -0.25) is 0 Å². The predicted octanol–water partition coefficient (Wildman–Crippen LogP) is 13.4. The summed E-state index contributed by atoms with van der Waals surface area (Å²) in [6.07, 6.45) is 50.0. The van der Waals surface area contributed by atoms with Crippen molar-refractivity contribution in [2.24, 2.45) is 0 Å². The summed E-state index contributed by atoms with van der Waals surface area (Å²) in [7, 11) is 0. The third-order valence-electron chi connectivity index (χ3n) is 9.13. The van der Waals surface area contributed by atoms with Crippen LogP contribution in [0.1, 0.15) is 207 Å². The molecule has 0 aromatic heterocycles. The highest BCUT2D eigenvalue weighted by Crippen LogP contribution is 2.12. The first kappa shape index (κ1) is 42.4. The van der Waals surface area contributed by atoms with Crippen LogP contribution < -0.4 is 5.32 Å². The molecule has 0 saturated heterocycles. The van der Waals surface area contributed by atoms with E-state index in [0.29, 0.717) is 0 Å². The number of rotatable bonds is 37. The van der Waals surface area contributed by atoms with Crippen LogP contribution in [0.4, 0.5) is 0 Å². The SMILES string of the molecule is CCCCCCCC/C=C/CCCCCCCCNCCCN(CC)CCCCCCCC/C=C/CCCCCCCC. The van der Waals surface area contributed by atoms with Gasteiger partial charge in [-0.05, 0) is 103 Å². The highest BCUT2D eigenvalue weighted by molar-refractivity contribution is 4.82. The fourth-order valence-electron chi connectivity index (χ4n) is 6.06. The number of nitrogens with one attached hydrogen (secondary N) is 1. The molecule has 0 spiro atoms. The molecule has 0 aliphatic heterocycles. The van der Waals surface area contributed by atoms with Crippen molar-refractivity contribution in [2.45, 2.75) is 207 Å². The summed E-state index contributed by atoms with van der Waals surface area (Å²) in [4.78, 5) is 2.67. The average Bonchev–Trinajstić information content (AvgIpc) is 3.02. The predicted molar refractivity (Wildman–Crippen MR) is 199 cm³/mol. The Kier molecular flexibility index (Phi) is 38.9. The Labute approximate surface area is 273 Å². The summed E-state index contributed by atoms with van der Waals surface area (Å²) in [5, 5.41) is 3.70. The molecule has 0 bridgehead atoms. The molecule has 43 heavy (non-hydrogen) atoms. The third-order valence-corrected chi connectivity index (χ3v) is 9.13. The first-order valence-corrected chi connectivity index (χ1v) is 20.1. The van der Waals surface area contributed by atoms with Crippen LogP contribution in [0.3, 0.4) is 0 Å². The van der Waals surface area contributed by atoms with Gasteiger partial charge in [-0.25, -0.2) is 0 Å². The Morgan fingerprint density at radius 3 is 1.09 bits per heavy atom. The fraction of sp³-hybridized carbons (Fsp3) is 0.902. The summed E-state index contributed by atoms with van der Waals surface area (Å²) >= 11 is 0. The number of allylic oxidation sites excluding steroid dienone is 4. The van der Waals surface area contributed by atoms with Crippen molar-refractivity contribution < 1.29 is 0 Å². The van der Waals surface area contributed by atoms with Crippen LogP contribution in [0.2, 0.25) is 0 Å². The van der Waals surface area contributed by atoms with Crippen LogP contribution in [-0.2, 0) is 0 Å². The van der Waals surface area contributed by atoms with E-state index in [1.165, 1.54) is 219 Å². The van der Waals surface area contributed by atoms with Crippen LogP contribution in [0.5, 0.6) is 0 Å². The van der Waals surface area contributed by atoms with E-state index in [1.807, 2.05) is 0 Å². The molecule has 0 amide bonds. The fourth-order valence-corrected chi connectivity index (χ4v) is 6.06. The van der Waals surface area contributed by atoms with E-state index in [4.69, 9.17) is 0 Å². The zero-order valence-corrected chi connectivity index (χ0v) is 30.3. The van der Waals surface area contributed by atoms with Crippen molar-refractivity contribution in [3.05, 3.63) is 24.3 Å². The van der Waals surface area contributed by atoms with Crippen molar-refractivity contribution in [1.29, 1.82) is 0 Å². The molecule has 0 fully saturated rings. The smallest absolute Gasteiger partial charge is 0.000676 e. The Bertz CT molecular complexity index is 540. The summed E-state index contributed by atoms with van der Waals surface area (Å²) in [6.45, 7) is 13.1. The highest BCUT2D eigenvalue weighted by Gasteiger charge is 2.02. The van der Waals surface area contributed by atoms with Gasteiger partial charge >= 0.3 is 0 Å². The van der Waals surface area contributed by atoms with Crippen LogP contribution >= 0.6 is 0 Å². The maximum atomic E-state index is 3.70. The molecule has 2 heteroatoms. The summed E-state index contributed by atoms with van der Waals surface area (Å²) < 4.78 is 0. The van der Waals surface area contributed by atoms with Crippen molar-refractivity contribution in [3.63, 3.8) is 0 Å². The molecule has 1 N–H and O–H groups in total. The third kappa shape index (κ3) is 37.5. The Hall–Kier alpha value is -0.600. The minimum absolute atomic E-state index is 1.19. The van der Waals surface area contributed by atoms with Gasteiger partial charge in [0.1, 0.15) is 0 Å². The lowest BCUT2D eigenvalue weighted by Crippen LogP contribution is -2.28. The van der Waals surface area contributed by atoms with Crippen molar-refractivity contribution in [3.8, 4) is 0 Å². The van der Waals surface area contributed by atoms with E-state index in [1.54, 1.807) is 0 Å². The van der Waals surface area contributed by atoms with Gasteiger partial charge in [-0.2, -0.15) is 0 Å². The summed E-state index contributed by atoms with van der Waals surface area (Å²) in [5.74, 6) is 0. The summed E-state index contributed by atoms with van der Waals surface area (Å²) in [6, 6.07) is 0. The first-order valence-electron chi connectivity index (χ1n) is 20.1. The largest absolute Gasteiger partial charge is 0.317 e. The average molecular weight is 603 g/mol. The second kappa shape index (κ2) is 39.4. The molecule has 0 aromatic rings. The quantitative estimate of drug-likeness (QED) is 0.0562. The van der Waals surface area contributed by atoms with Gasteiger partial charge in [-0.15, -0.1) is 0 Å². The van der Waals surface area contributed by atoms with Crippen molar-refractivity contribution in [2.75, 3.05) is 32.7 Å². The zero-order chi connectivity index (χ0) is 31.2. The normalized spacial score (nSPS) is 12.1. The molecular formula is C41H82N2. The van der Waals surface area contributed by atoms with E-state index >= 15 is 0 Å². The van der Waals surface area contributed by atoms with Crippen LogP contribution in [0.15, 0.2) is 24.3 Å². The maximum Gasteiger partial charge on any atom is -0.000676 e. The van der Waals surface area contributed by atoms with E-state index in [0.717, 1.165) is 0 Å². The van der Waals surface area contributed by atoms with Gasteiger partial charge in [0.2, 0.25) is 0 Å². The topological polar surface area (TPSA) is 15.3 Å². The van der Waals surface area contributed by atoms with Crippen LogP contribution in [0, 0.1) is 0 Å².